The molecule has 4 aromatic rings. The summed E-state index contributed by atoms with van der Waals surface area (Å²) in [5.74, 6) is 1.46. The summed E-state index contributed by atoms with van der Waals surface area (Å²) in [6.07, 6.45) is 5.04. The first-order valence-corrected chi connectivity index (χ1v) is 10.3. The van der Waals surface area contributed by atoms with Crippen LogP contribution in [0, 0.1) is 0 Å². The van der Waals surface area contributed by atoms with Gasteiger partial charge in [0.15, 0.2) is 5.65 Å². The van der Waals surface area contributed by atoms with Gasteiger partial charge in [-0.05, 0) is 61.7 Å². The number of hydrogen-bond acceptors (Lipinski definition) is 5. The van der Waals surface area contributed by atoms with Crippen LogP contribution in [0.5, 0.6) is 0 Å². The Morgan fingerprint density at radius 2 is 1.97 bits per heavy atom. The van der Waals surface area contributed by atoms with Crippen LogP contribution in [0.25, 0.3) is 16.6 Å². The third-order valence-electron chi connectivity index (χ3n) is 5.99. The van der Waals surface area contributed by atoms with E-state index in [4.69, 9.17) is 4.42 Å². The summed E-state index contributed by atoms with van der Waals surface area (Å²) in [4.78, 5) is 14.5. The second-order valence-corrected chi connectivity index (χ2v) is 7.81. The van der Waals surface area contributed by atoms with Crippen LogP contribution < -0.4 is 5.63 Å². The minimum absolute atomic E-state index is 0.273. The first-order valence-electron chi connectivity index (χ1n) is 10.3. The highest BCUT2D eigenvalue weighted by Gasteiger charge is 2.25. The Hall–Kier alpha value is -2.99. The van der Waals surface area contributed by atoms with Crippen molar-refractivity contribution >= 4 is 16.6 Å². The molecule has 0 unspecified atom stereocenters. The third kappa shape index (κ3) is 3.44. The van der Waals surface area contributed by atoms with Crippen LogP contribution in [0.4, 0.5) is 0 Å². The quantitative estimate of drug-likeness (QED) is 0.498. The van der Waals surface area contributed by atoms with Gasteiger partial charge in [-0.1, -0.05) is 25.1 Å². The lowest BCUT2D eigenvalue weighted by molar-refractivity contribution is 0.201. The SMILES string of the molecule is CCc1ccc2c(CN3CCC(c4nnc5ccccn45)CC3)cc(=O)oc2c1. The van der Waals surface area contributed by atoms with Crippen molar-refractivity contribution in [2.45, 2.75) is 38.6 Å². The molecule has 1 aliphatic heterocycles. The Labute approximate surface area is 168 Å². The van der Waals surface area contributed by atoms with Crippen LogP contribution in [0.1, 0.15) is 42.6 Å². The molecule has 0 saturated carbocycles. The molecule has 4 heterocycles. The van der Waals surface area contributed by atoms with Gasteiger partial charge in [-0.15, -0.1) is 10.2 Å². The Bertz CT molecular complexity index is 1220. The maximum atomic E-state index is 12.1. The summed E-state index contributed by atoms with van der Waals surface area (Å²) in [7, 11) is 0. The summed E-state index contributed by atoms with van der Waals surface area (Å²) in [5.41, 5.74) is 3.55. The zero-order valence-electron chi connectivity index (χ0n) is 16.5. The van der Waals surface area contributed by atoms with Crippen molar-refractivity contribution in [2.24, 2.45) is 0 Å². The number of benzene rings is 1. The molecule has 0 radical (unpaired) electrons. The van der Waals surface area contributed by atoms with E-state index in [2.05, 4.69) is 38.6 Å². The largest absolute Gasteiger partial charge is 0.423 e. The fourth-order valence-electron chi connectivity index (χ4n) is 4.35. The van der Waals surface area contributed by atoms with Gasteiger partial charge in [0.05, 0.1) is 0 Å². The molecule has 1 aromatic carbocycles. The molecule has 29 heavy (non-hydrogen) atoms. The van der Waals surface area contributed by atoms with Gasteiger partial charge in [0.25, 0.3) is 0 Å². The zero-order valence-corrected chi connectivity index (χ0v) is 16.5. The van der Waals surface area contributed by atoms with E-state index < -0.39 is 0 Å². The lowest BCUT2D eigenvalue weighted by Crippen LogP contribution is -2.33. The fraction of sp³-hybridized carbons (Fsp3) is 0.348. The van der Waals surface area contributed by atoms with E-state index in [-0.39, 0.29) is 5.63 Å². The number of pyridine rings is 1. The van der Waals surface area contributed by atoms with E-state index in [9.17, 15) is 4.79 Å². The number of aromatic nitrogens is 3. The van der Waals surface area contributed by atoms with Crippen molar-refractivity contribution in [3.8, 4) is 0 Å². The van der Waals surface area contributed by atoms with Gasteiger partial charge < -0.3 is 4.42 Å². The van der Waals surface area contributed by atoms with Crippen molar-refractivity contribution in [1.82, 2.24) is 19.5 Å². The van der Waals surface area contributed by atoms with Crippen molar-refractivity contribution in [3.63, 3.8) is 0 Å². The van der Waals surface area contributed by atoms with Gasteiger partial charge in [-0.3, -0.25) is 9.30 Å². The highest BCUT2D eigenvalue weighted by molar-refractivity contribution is 5.80. The topological polar surface area (TPSA) is 63.6 Å². The van der Waals surface area contributed by atoms with E-state index in [0.717, 1.165) is 61.3 Å². The molecule has 0 aliphatic carbocycles. The summed E-state index contributed by atoms with van der Waals surface area (Å²) in [6.45, 7) is 4.81. The molecule has 1 saturated heterocycles. The smallest absolute Gasteiger partial charge is 0.336 e. The molecule has 0 N–H and O–H groups in total. The van der Waals surface area contributed by atoms with Gasteiger partial charge in [-0.2, -0.15) is 0 Å². The van der Waals surface area contributed by atoms with Crippen LogP contribution >= 0.6 is 0 Å². The van der Waals surface area contributed by atoms with Crippen molar-refractivity contribution in [1.29, 1.82) is 0 Å². The lowest BCUT2D eigenvalue weighted by Gasteiger charge is -2.31. The Balaban J connectivity index is 1.34. The lowest BCUT2D eigenvalue weighted by atomic mass is 9.95. The Kier molecular flexibility index (Phi) is 4.64. The molecule has 0 spiro atoms. The summed E-state index contributed by atoms with van der Waals surface area (Å²) in [5, 5.41) is 9.76. The predicted octanol–water partition coefficient (Wildman–Crippen LogP) is 3.78. The molecule has 3 aromatic heterocycles. The number of rotatable bonds is 4. The highest BCUT2D eigenvalue weighted by Crippen LogP contribution is 2.29. The molecule has 148 valence electrons. The molecule has 0 amide bonds. The first-order chi connectivity index (χ1) is 14.2. The van der Waals surface area contributed by atoms with E-state index in [1.807, 2.05) is 30.5 Å². The number of fused-ring (bicyclic) bond motifs is 2. The number of nitrogens with zero attached hydrogens (tertiary/aromatic N) is 4. The maximum absolute atomic E-state index is 12.1. The monoisotopic (exact) mass is 388 g/mol. The van der Waals surface area contributed by atoms with Crippen molar-refractivity contribution in [2.75, 3.05) is 13.1 Å². The second-order valence-electron chi connectivity index (χ2n) is 7.81. The van der Waals surface area contributed by atoms with Crippen LogP contribution in [0.2, 0.25) is 0 Å². The normalized spacial score (nSPS) is 16.0. The van der Waals surface area contributed by atoms with Crippen LogP contribution in [0.3, 0.4) is 0 Å². The van der Waals surface area contributed by atoms with Gasteiger partial charge >= 0.3 is 5.63 Å². The van der Waals surface area contributed by atoms with E-state index in [0.29, 0.717) is 11.5 Å². The molecule has 6 heteroatoms. The average molecular weight is 388 g/mol. The number of likely N-dealkylation sites (tertiary alicyclic amines) is 1. The van der Waals surface area contributed by atoms with Gasteiger partial charge in [0.2, 0.25) is 0 Å². The fourth-order valence-corrected chi connectivity index (χ4v) is 4.35. The minimum Gasteiger partial charge on any atom is -0.423 e. The van der Waals surface area contributed by atoms with E-state index >= 15 is 0 Å². The molecule has 0 bridgehead atoms. The zero-order chi connectivity index (χ0) is 19.8. The average Bonchev–Trinajstić information content (AvgIpc) is 3.18. The van der Waals surface area contributed by atoms with Crippen LogP contribution in [-0.4, -0.2) is 32.6 Å². The van der Waals surface area contributed by atoms with Crippen LogP contribution in [-0.2, 0) is 13.0 Å². The summed E-state index contributed by atoms with van der Waals surface area (Å²) < 4.78 is 7.55. The van der Waals surface area contributed by atoms with E-state index in [1.165, 1.54) is 5.56 Å². The number of hydrogen-bond donors (Lipinski definition) is 0. The number of piperidine rings is 1. The Morgan fingerprint density at radius 1 is 1.10 bits per heavy atom. The third-order valence-corrected chi connectivity index (χ3v) is 5.99. The molecular formula is C23H24N4O2. The predicted molar refractivity (Wildman–Crippen MR) is 112 cm³/mol. The van der Waals surface area contributed by atoms with Gasteiger partial charge in [0.1, 0.15) is 11.4 Å². The van der Waals surface area contributed by atoms with E-state index in [1.54, 1.807) is 6.07 Å². The molecule has 1 fully saturated rings. The minimum atomic E-state index is -0.273. The first kappa shape index (κ1) is 18.1. The molecule has 5 rings (SSSR count). The van der Waals surface area contributed by atoms with Crippen LogP contribution in [0.15, 0.2) is 57.9 Å². The molecular weight excluding hydrogens is 364 g/mol. The maximum Gasteiger partial charge on any atom is 0.336 e. The Morgan fingerprint density at radius 3 is 2.79 bits per heavy atom. The second kappa shape index (κ2) is 7.44. The van der Waals surface area contributed by atoms with Crippen molar-refractivity contribution < 1.29 is 4.42 Å². The molecule has 0 atom stereocenters. The van der Waals surface area contributed by atoms with Crippen molar-refractivity contribution in [3.05, 3.63) is 76.0 Å². The number of aryl methyl sites for hydroxylation is 1. The van der Waals surface area contributed by atoms with Gasteiger partial charge in [-0.25, -0.2) is 4.79 Å². The molecule has 6 nitrogen and oxygen atoms in total. The standard InChI is InChI=1S/C23H24N4O2/c1-2-16-6-7-19-18(14-22(28)29-20(19)13-16)15-26-11-8-17(9-12-26)23-25-24-21-5-3-4-10-27(21)23/h3-7,10,13-14,17H,2,8-9,11-12,15H2,1H3. The van der Waals surface area contributed by atoms with Gasteiger partial charge in [0, 0.05) is 30.1 Å². The molecule has 1 aliphatic rings. The summed E-state index contributed by atoms with van der Waals surface area (Å²) >= 11 is 0. The highest BCUT2D eigenvalue weighted by atomic mass is 16.4. The summed E-state index contributed by atoms with van der Waals surface area (Å²) in [6, 6.07) is 13.8.